The van der Waals surface area contributed by atoms with Gasteiger partial charge in [-0.25, -0.2) is 0 Å². The van der Waals surface area contributed by atoms with Crippen molar-refractivity contribution in [3.8, 4) is 11.3 Å². The molecule has 1 N–H and O–H groups in total. The average molecular weight is 388 g/mol. The van der Waals surface area contributed by atoms with Crippen LogP contribution in [0.4, 0.5) is 0 Å². The minimum absolute atomic E-state index is 0.0540. The van der Waals surface area contributed by atoms with Crippen molar-refractivity contribution in [3.63, 3.8) is 0 Å². The van der Waals surface area contributed by atoms with Crippen LogP contribution in [-0.4, -0.2) is 27.0 Å². The molecule has 2 aromatic heterocycles. The Bertz CT molecular complexity index is 1170. The van der Waals surface area contributed by atoms with E-state index >= 15 is 0 Å². The number of carbonyl (C=O) groups excluding carboxylic acids is 1. The highest BCUT2D eigenvalue weighted by molar-refractivity contribution is 8.27. The van der Waals surface area contributed by atoms with Gasteiger partial charge in [-0.3, -0.25) is 10.2 Å². The summed E-state index contributed by atoms with van der Waals surface area (Å²) >= 11 is 1.19. The molecule has 2 aliphatic rings. The molecule has 3 aromatic rings. The van der Waals surface area contributed by atoms with Gasteiger partial charge in [-0.2, -0.15) is 15.1 Å². The molecule has 0 radical (unpaired) electrons. The number of hydrazone groups is 1. The second-order valence-electron chi connectivity index (χ2n) is 5.97. The SMILES string of the molecule is N=C1/C(=C/c2ccc(-c3ccccc3)o2)C(=O)N=C2SC(c3ccco3)=NN12. The Morgan fingerprint density at radius 1 is 1.04 bits per heavy atom. The van der Waals surface area contributed by atoms with Crippen molar-refractivity contribution >= 4 is 39.8 Å². The lowest BCUT2D eigenvalue weighted by atomic mass is 10.1. The van der Waals surface area contributed by atoms with Gasteiger partial charge in [0, 0.05) is 5.56 Å². The number of rotatable bonds is 3. The third kappa shape index (κ3) is 2.80. The Morgan fingerprint density at radius 3 is 2.68 bits per heavy atom. The van der Waals surface area contributed by atoms with E-state index < -0.39 is 5.91 Å². The zero-order chi connectivity index (χ0) is 19.1. The van der Waals surface area contributed by atoms with Crippen molar-refractivity contribution in [2.45, 2.75) is 0 Å². The fourth-order valence-electron chi connectivity index (χ4n) is 2.82. The van der Waals surface area contributed by atoms with Crippen molar-refractivity contribution in [1.29, 1.82) is 5.41 Å². The Hall–Kier alpha value is -3.65. The first-order valence-electron chi connectivity index (χ1n) is 8.38. The summed E-state index contributed by atoms with van der Waals surface area (Å²) in [5, 5.41) is 15.0. The molecule has 0 saturated heterocycles. The van der Waals surface area contributed by atoms with Crippen molar-refractivity contribution in [1.82, 2.24) is 5.01 Å². The number of amides is 1. The number of amidine groups is 2. The van der Waals surface area contributed by atoms with Crippen molar-refractivity contribution in [3.05, 3.63) is 78.0 Å². The standard InChI is InChI=1S/C20H12N4O3S/c21-17-14(11-13-8-9-15(27-13)12-5-2-1-3-6-12)18(25)22-20-24(17)23-19(28-20)16-7-4-10-26-16/h1-11,21H/b14-11-,21-17?. The zero-order valence-electron chi connectivity index (χ0n) is 14.3. The molecular formula is C20H12N4O3S. The molecule has 0 unspecified atom stereocenters. The van der Waals surface area contributed by atoms with Gasteiger partial charge in [0.15, 0.2) is 16.6 Å². The minimum atomic E-state index is -0.502. The van der Waals surface area contributed by atoms with E-state index in [-0.39, 0.29) is 11.4 Å². The molecule has 0 spiro atoms. The summed E-state index contributed by atoms with van der Waals surface area (Å²) in [6.07, 6.45) is 3.06. The van der Waals surface area contributed by atoms with Crippen molar-refractivity contribution in [2.75, 3.05) is 0 Å². The summed E-state index contributed by atoms with van der Waals surface area (Å²) in [7, 11) is 0. The summed E-state index contributed by atoms with van der Waals surface area (Å²) < 4.78 is 11.1. The Kier molecular flexibility index (Phi) is 3.84. The van der Waals surface area contributed by atoms with Crippen LogP contribution in [0.1, 0.15) is 11.5 Å². The fraction of sp³-hybridized carbons (Fsp3) is 0. The summed E-state index contributed by atoms with van der Waals surface area (Å²) in [5.41, 5.74) is 1.05. The molecular weight excluding hydrogens is 376 g/mol. The predicted octanol–water partition coefficient (Wildman–Crippen LogP) is 4.21. The van der Waals surface area contributed by atoms with Crippen LogP contribution in [0.25, 0.3) is 17.4 Å². The molecule has 0 fully saturated rings. The van der Waals surface area contributed by atoms with Gasteiger partial charge in [0.05, 0.1) is 11.8 Å². The maximum Gasteiger partial charge on any atom is 0.283 e. The molecule has 0 saturated carbocycles. The largest absolute Gasteiger partial charge is 0.462 e. The van der Waals surface area contributed by atoms with E-state index in [9.17, 15) is 4.79 Å². The van der Waals surface area contributed by atoms with E-state index in [0.29, 0.717) is 27.5 Å². The van der Waals surface area contributed by atoms with E-state index in [1.54, 1.807) is 24.5 Å². The van der Waals surface area contributed by atoms with Crippen LogP contribution in [-0.2, 0) is 4.79 Å². The van der Waals surface area contributed by atoms with E-state index in [1.807, 2.05) is 36.4 Å². The van der Waals surface area contributed by atoms with Crippen LogP contribution in [0.15, 0.2) is 85.4 Å². The molecule has 1 amide bonds. The molecule has 136 valence electrons. The van der Waals surface area contributed by atoms with E-state index in [4.69, 9.17) is 14.2 Å². The Labute approximate surface area is 163 Å². The number of benzene rings is 1. The van der Waals surface area contributed by atoms with Gasteiger partial charge < -0.3 is 8.83 Å². The molecule has 7 nitrogen and oxygen atoms in total. The van der Waals surface area contributed by atoms with E-state index in [2.05, 4.69) is 10.1 Å². The summed E-state index contributed by atoms with van der Waals surface area (Å²) in [6, 6.07) is 16.7. The number of fused-ring (bicyclic) bond motifs is 1. The van der Waals surface area contributed by atoms with Gasteiger partial charge in [0.25, 0.3) is 5.91 Å². The van der Waals surface area contributed by atoms with Crippen LogP contribution >= 0.6 is 11.8 Å². The lowest BCUT2D eigenvalue weighted by Crippen LogP contribution is -2.35. The molecule has 1 aromatic carbocycles. The number of aliphatic imine (C=N–C) groups is 1. The van der Waals surface area contributed by atoms with E-state index in [0.717, 1.165) is 5.56 Å². The molecule has 2 aliphatic heterocycles. The number of nitrogens with zero attached hydrogens (tertiary/aromatic N) is 3. The van der Waals surface area contributed by atoms with E-state index in [1.165, 1.54) is 22.8 Å². The Morgan fingerprint density at radius 2 is 1.89 bits per heavy atom. The smallest absolute Gasteiger partial charge is 0.283 e. The Balaban J connectivity index is 1.46. The lowest BCUT2D eigenvalue weighted by molar-refractivity contribution is -0.114. The van der Waals surface area contributed by atoms with Crippen LogP contribution < -0.4 is 0 Å². The minimum Gasteiger partial charge on any atom is -0.462 e. The number of furan rings is 2. The highest BCUT2D eigenvalue weighted by atomic mass is 32.2. The quantitative estimate of drug-likeness (QED) is 0.678. The van der Waals surface area contributed by atoms with Crippen LogP contribution in [0.2, 0.25) is 0 Å². The van der Waals surface area contributed by atoms with Gasteiger partial charge in [0.1, 0.15) is 11.5 Å². The monoisotopic (exact) mass is 388 g/mol. The van der Waals surface area contributed by atoms with Gasteiger partial charge in [-0.15, -0.1) is 0 Å². The first-order chi connectivity index (χ1) is 13.7. The number of hydrogen-bond donors (Lipinski definition) is 1. The number of nitrogens with one attached hydrogen (secondary N) is 1. The normalized spacial score (nSPS) is 17.7. The summed E-state index contributed by atoms with van der Waals surface area (Å²) in [5.74, 6) is 1.15. The highest BCUT2D eigenvalue weighted by Gasteiger charge is 2.36. The average Bonchev–Trinajstić information content (AvgIpc) is 3.45. The van der Waals surface area contributed by atoms with Gasteiger partial charge in [-0.05, 0) is 42.1 Å². The van der Waals surface area contributed by atoms with Gasteiger partial charge >= 0.3 is 0 Å². The second-order valence-corrected chi connectivity index (χ2v) is 6.93. The van der Waals surface area contributed by atoms with Crippen molar-refractivity contribution < 1.29 is 13.6 Å². The molecule has 28 heavy (non-hydrogen) atoms. The second kappa shape index (κ2) is 6.50. The zero-order valence-corrected chi connectivity index (χ0v) is 15.1. The topological polar surface area (TPSA) is 95.2 Å². The van der Waals surface area contributed by atoms with Crippen LogP contribution in [0.3, 0.4) is 0 Å². The first kappa shape index (κ1) is 16.5. The molecule has 0 bridgehead atoms. The molecule has 4 heterocycles. The van der Waals surface area contributed by atoms with Gasteiger partial charge in [0.2, 0.25) is 5.17 Å². The highest BCUT2D eigenvalue weighted by Crippen LogP contribution is 2.31. The number of carbonyl (C=O) groups is 1. The predicted molar refractivity (Wildman–Crippen MR) is 107 cm³/mol. The molecule has 8 heteroatoms. The summed E-state index contributed by atoms with van der Waals surface area (Å²) in [6.45, 7) is 0. The maximum atomic E-state index is 12.5. The number of hydrogen-bond acceptors (Lipinski definition) is 6. The summed E-state index contributed by atoms with van der Waals surface area (Å²) in [4.78, 5) is 16.5. The third-order valence-electron chi connectivity index (χ3n) is 4.16. The fourth-order valence-corrected chi connectivity index (χ4v) is 3.68. The molecule has 0 atom stereocenters. The molecule has 5 rings (SSSR count). The lowest BCUT2D eigenvalue weighted by Gasteiger charge is -2.19. The van der Waals surface area contributed by atoms with Crippen molar-refractivity contribution in [2.24, 2.45) is 10.1 Å². The van der Waals surface area contributed by atoms with Crippen LogP contribution in [0, 0.1) is 5.41 Å². The van der Waals surface area contributed by atoms with Crippen LogP contribution in [0.5, 0.6) is 0 Å². The number of thioether (sulfide) groups is 1. The first-order valence-corrected chi connectivity index (χ1v) is 9.20. The molecule has 0 aliphatic carbocycles. The van der Waals surface area contributed by atoms with Gasteiger partial charge in [-0.1, -0.05) is 30.3 Å². The maximum absolute atomic E-state index is 12.5. The third-order valence-corrected chi connectivity index (χ3v) is 5.08.